The summed E-state index contributed by atoms with van der Waals surface area (Å²) in [5, 5.41) is 9.19. The topological polar surface area (TPSA) is 54.4 Å². The van der Waals surface area contributed by atoms with Crippen molar-refractivity contribution in [3.8, 4) is 0 Å². The Balaban J connectivity index is 2.90. The van der Waals surface area contributed by atoms with Crippen molar-refractivity contribution in [2.75, 3.05) is 5.75 Å². The summed E-state index contributed by atoms with van der Waals surface area (Å²) in [6.45, 7) is 4.23. The third kappa shape index (κ3) is 5.02. The van der Waals surface area contributed by atoms with E-state index in [2.05, 4.69) is 29.8 Å². The van der Waals surface area contributed by atoms with Gasteiger partial charge in [-0.2, -0.15) is 0 Å². The van der Waals surface area contributed by atoms with Gasteiger partial charge >= 0.3 is 5.97 Å². The third-order valence-corrected chi connectivity index (χ3v) is 5.45. The zero-order valence-electron chi connectivity index (χ0n) is 11.9. The van der Waals surface area contributed by atoms with E-state index in [0.717, 1.165) is 30.2 Å². The van der Waals surface area contributed by atoms with Crippen molar-refractivity contribution in [2.24, 2.45) is 5.92 Å². The average Bonchev–Trinajstić information content (AvgIpc) is 2.42. The van der Waals surface area contributed by atoms with Gasteiger partial charge in [-0.25, -0.2) is 4.79 Å². The first-order valence-electron chi connectivity index (χ1n) is 6.90. The molecule has 0 spiro atoms. The molecule has 0 bridgehead atoms. The maximum Gasteiger partial charge on any atom is 0.336 e. The molecule has 3 nitrogen and oxygen atoms in total. The monoisotopic (exact) mass is 360 g/mol. The third-order valence-electron chi connectivity index (χ3n) is 3.35. The fourth-order valence-electron chi connectivity index (χ4n) is 2.06. The summed E-state index contributed by atoms with van der Waals surface area (Å²) < 4.78 is 13.2. The number of unbranched alkanes of at least 4 members (excludes halogenated alkanes) is 1. The highest BCUT2D eigenvalue weighted by Crippen LogP contribution is 2.23. The Labute approximate surface area is 131 Å². The number of benzene rings is 1. The van der Waals surface area contributed by atoms with Crippen LogP contribution in [0.15, 0.2) is 27.6 Å². The molecule has 1 aromatic rings. The average molecular weight is 361 g/mol. The molecule has 112 valence electrons. The summed E-state index contributed by atoms with van der Waals surface area (Å²) in [6.07, 6.45) is 4.28. The number of carboxylic acid groups (broad SMARTS) is 1. The molecule has 0 saturated heterocycles. The van der Waals surface area contributed by atoms with Gasteiger partial charge in [-0.05, 0) is 30.5 Å². The molecule has 0 heterocycles. The first-order chi connectivity index (χ1) is 9.49. The number of hydrogen-bond donors (Lipinski definition) is 1. The van der Waals surface area contributed by atoms with Gasteiger partial charge < -0.3 is 5.11 Å². The van der Waals surface area contributed by atoms with Gasteiger partial charge in [0, 0.05) is 10.2 Å². The minimum absolute atomic E-state index is 0.136. The largest absolute Gasteiger partial charge is 0.478 e. The number of rotatable bonds is 8. The van der Waals surface area contributed by atoms with Crippen molar-refractivity contribution in [2.45, 2.75) is 44.4 Å². The lowest BCUT2D eigenvalue weighted by Gasteiger charge is -2.15. The van der Waals surface area contributed by atoms with Crippen molar-refractivity contribution >= 4 is 32.7 Å². The number of carbonyl (C=O) groups is 1. The molecule has 1 rings (SSSR count). The van der Waals surface area contributed by atoms with E-state index in [9.17, 15) is 14.1 Å². The zero-order valence-corrected chi connectivity index (χ0v) is 14.3. The number of aromatic carboxylic acids is 1. The summed E-state index contributed by atoms with van der Waals surface area (Å²) in [5.74, 6) is -0.105. The molecule has 20 heavy (non-hydrogen) atoms. The van der Waals surface area contributed by atoms with E-state index in [0.29, 0.717) is 16.6 Å². The van der Waals surface area contributed by atoms with Gasteiger partial charge in [0.05, 0.1) is 21.3 Å². The SMILES string of the molecule is CCCCC(CC)CS(=O)c1cc(Br)ccc1C(=O)O. The van der Waals surface area contributed by atoms with E-state index in [4.69, 9.17) is 0 Å². The molecule has 0 aliphatic heterocycles. The molecule has 0 saturated carbocycles. The minimum Gasteiger partial charge on any atom is -0.478 e. The normalized spacial score (nSPS) is 13.9. The van der Waals surface area contributed by atoms with Crippen LogP contribution in [-0.4, -0.2) is 21.0 Å². The van der Waals surface area contributed by atoms with Crippen LogP contribution in [0.1, 0.15) is 49.9 Å². The van der Waals surface area contributed by atoms with Crippen LogP contribution in [0.3, 0.4) is 0 Å². The van der Waals surface area contributed by atoms with Gasteiger partial charge in [0.1, 0.15) is 0 Å². The highest BCUT2D eigenvalue weighted by Gasteiger charge is 2.18. The molecule has 0 radical (unpaired) electrons. The summed E-state index contributed by atoms with van der Waals surface area (Å²) in [5.41, 5.74) is 0.136. The van der Waals surface area contributed by atoms with Gasteiger partial charge in [-0.15, -0.1) is 0 Å². The van der Waals surface area contributed by atoms with Crippen LogP contribution in [0.5, 0.6) is 0 Å². The number of hydrogen-bond acceptors (Lipinski definition) is 2. The molecule has 0 fully saturated rings. The highest BCUT2D eigenvalue weighted by atomic mass is 79.9. The van der Waals surface area contributed by atoms with E-state index in [1.165, 1.54) is 6.07 Å². The molecular formula is C15H21BrO3S. The smallest absolute Gasteiger partial charge is 0.336 e. The lowest BCUT2D eigenvalue weighted by atomic mass is 10.0. The van der Waals surface area contributed by atoms with Gasteiger partial charge in [0.25, 0.3) is 0 Å². The molecule has 0 amide bonds. The number of carboxylic acids is 1. The summed E-state index contributed by atoms with van der Waals surface area (Å²) in [4.78, 5) is 11.6. The van der Waals surface area contributed by atoms with E-state index in [1.54, 1.807) is 12.1 Å². The molecule has 1 N–H and O–H groups in total. The van der Waals surface area contributed by atoms with Crippen LogP contribution in [0.25, 0.3) is 0 Å². The van der Waals surface area contributed by atoms with Crippen molar-refractivity contribution in [1.29, 1.82) is 0 Å². The zero-order chi connectivity index (χ0) is 15.1. The number of halogens is 1. The standard InChI is InChI=1S/C15H21BrO3S/c1-3-5-6-11(4-2)10-20(19)14-9-12(16)7-8-13(14)15(17)18/h7-9,11H,3-6,10H2,1-2H3,(H,17,18). The fourth-order valence-corrected chi connectivity index (χ4v) is 4.24. The molecule has 1 aromatic carbocycles. The van der Waals surface area contributed by atoms with E-state index in [1.807, 2.05) is 0 Å². The Hall–Kier alpha value is -0.680. The van der Waals surface area contributed by atoms with Crippen LogP contribution < -0.4 is 0 Å². The van der Waals surface area contributed by atoms with Gasteiger partial charge in [0.15, 0.2) is 0 Å². The van der Waals surface area contributed by atoms with Gasteiger partial charge in [0.2, 0.25) is 0 Å². The van der Waals surface area contributed by atoms with E-state index >= 15 is 0 Å². The van der Waals surface area contributed by atoms with E-state index in [-0.39, 0.29) is 5.56 Å². The minimum atomic E-state index is -1.27. The van der Waals surface area contributed by atoms with Crippen molar-refractivity contribution < 1.29 is 14.1 Å². The first-order valence-corrected chi connectivity index (χ1v) is 9.02. The molecule has 0 aliphatic rings. The summed E-state index contributed by atoms with van der Waals surface area (Å²) >= 11 is 3.31. The predicted octanol–water partition coefficient (Wildman–Crippen LogP) is 4.47. The maximum atomic E-state index is 12.5. The molecule has 0 aromatic heterocycles. The highest BCUT2D eigenvalue weighted by molar-refractivity contribution is 9.10. The predicted molar refractivity (Wildman–Crippen MR) is 85.7 cm³/mol. The van der Waals surface area contributed by atoms with Crippen LogP contribution in [0, 0.1) is 5.92 Å². The Morgan fingerprint density at radius 3 is 2.65 bits per heavy atom. The van der Waals surface area contributed by atoms with Crippen LogP contribution in [0.4, 0.5) is 0 Å². The second-order valence-corrected chi connectivity index (χ2v) is 7.25. The van der Waals surface area contributed by atoms with Crippen LogP contribution in [-0.2, 0) is 10.8 Å². The van der Waals surface area contributed by atoms with Gasteiger partial charge in [-0.3, -0.25) is 4.21 Å². The Morgan fingerprint density at radius 2 is 2.10 bits per heavy atom. The Morgan fingerprint density at radius 1 is 1.40 bits per heavy atom. The molecule has 2 atom stereocenters. The Bertz CT molecular complexity index is 488. The fraction of sp³-hybridized carbons (Fsp3) is 0.533. The van der Waals surface area contributed by atoms with Crippen LogP contribution in [0.2, 0.25) is 0 Å². The summed E-state index contributed by atoms with van der Waals surface area (Å²) in [6, 6.07) is 4.83. The summed E-state index contributed by atoms with van der Waals surface area (Å²) in [7, 11) is -1.27. The maximum absolute atomic E-state index is 12.5. The van der Waals surface area contributed by atoms with Crippen molar-refractivity contribution in [3.05, 3.63) is 28.2 Å². The molecule has 2 unspecified atom stereocenters. The van der Waals surface area contributed by atoms with Crippen molar-refractivity contribution in [1.82, 2.24) is 0 Å². The second-order valence-electron chi connectivity index (χ2n) is 4.87. The van der Waals surface area contributed by atoms with Crippen LogP contribution >= 0.6 is 15.9 Å². The Kier molecular flexibility index (Phi) is 7.45. The molecule has 5 heteroatoms. The quantitative estimate of drug-likeness (QED) is 0.743. The second kappa shape index (κ2) is 8.57. The lowest BCUT2D eigenvalue weighted by Crippen LogP contribution is -2.13. The van der Waals surface area contributed by atoms with E-state index < -0.39 is 16.8 Å². The first kappa shape index (κ1) is 17.4. The van der Waals surface area contributed by atoms with Gasteiger partial charge in [-0.1, -0.05) is 49.0 Å². The lowest BCUT2D eigenvalue weighted by molar-refractivity contribution is 0.0693. The molecular weight excluding hydrogens is 340 g/mol. The molecule has 0 aliphatic carbocycles. The van der Waals surface area contributed by atoms with Crippen molar-refractivity contribution in [3.63, 3.8) is 0 Å².